The van der Waals surface area contributed by atoms with Gasteiger partial charge in [-0.25, -0.2) is 8.42 Å². The lowest BCUT2D eigenvalue weighted by molar-refractivity contribution is 0.256. The number of hydrogen-bond acceptors (Lipinski definition) is 2. The molecule has 1 fully saturated rings. The van der Waals surface area contributed by atoms with Crippen LogP contribution in [0, 0.1) is 12.3 Å². The topological polar surface area (TPSA) is 34.1 Å². The standard InChI is InChI=1S/C15H21BrO2S/c1-13-7-3-4-8-14(13)19(17,18)12-15(11-16)9-5-2-6-10-15/h3-4,7-8H,2,5-6,9-12H2,1H3. The minimum absolute atomic E-state index is 0.0701. The van der Waals surface area contributed by atoms with E-state index in [0.717, 1.165) is 36.6 Å². The van der Waals surface area contributed by atoms with Crippen molar-refractivity contribution in [1.29, 1.82) is 0 Å². The minimum Gasteiger partial charge on any atom is -0.224 e. The summed E-state index contributed by atoms with van der Waals surface area (Å²) >= 11 is 3.55. The molecule has 2 rings (SSSR count). The molecule has 0 aliphatic heterocycles. The van der Waals surface area contributed by atoms with Gasteiger partial charge in [0, 0.05) is 5.33 Å². The number of halogens is 1. The quantitative estimate of drug-likeness (QED) is 0.770. The van der Waals surface area contributed by atoms with Crippen molar-refractivity contribution < 1.29 is 8.42 Å². The van der Waals surface area contributed by atoms with E-state index in [1.54, 1.807) is 6.07 Å². The van der Waals surface area contributed by atoms with Crippen LogP contribution in [0.3, 0.4) is 0 Å². The summed E-state index contributed by atoms with van der Waals surface area (Å²) in [6.45, 7) is 1.87. The van der Waals surface area contributed by atoms with Gasteiger partial charge in [-0.3, -0.25) is 0 Å². The van der Waals surface area contributed by atoms with Gasteiger partial charge >= 0.3 is 0 Å². The molecule has 1 saturated carbocycles. The molecule has 0 radical (unpaired) electrons. The van der Waals surface area contributed by atoms with Crippen LogP contribution in [0.15, 0.2) is 29.2 Å². The average molecular weight is 345 g/mol. The highest BCUT2D eigenvalue weighted by atomic mass is 79.9. The number of sulfone groups is 1. The molecular formula is C15H21BrO2S. The highest BCUT2D eigenvalue weighted by molar-refractivity contribution is 9.09. The van der Waals surface area contributed by atoms with Crippen molar-refractivity contribution in [3.63, 3.8) is 0 Å². The van der Waals surface area contributed by atoms with Crippen LogP contribution in [0.2, 0.25) is 0 Å². The molecule has 1 aromatic rings. The van der Waals surface area contributed by atoms with E-state index >= 15 is 0 Å². The Morgan fingerprint density at radius 1 is 1.16 bits per heavy atom. The first-order chi connectivity index (χ1) is 8.99. The van der Waals surface area contributed by atoms with Crippen molar-refractivity contribution in [2.45, 2.75) is 43.9 Å². The molecule has 4 heteroatoms. The van der Waals surface area contributed by atoms with Crippen LogP contribution in [0.25, 0.3) is 0 Å². The lowest BCUT2D eigenvalue weighted by Gasteiger charge is -2.35. The maximum absolute atomic E-state index is 12.7. The van der Waals surface area contributed by atoms with Crippen LogP contribution in [-0.2, 0) is 9.84 Å². The van der Waals surface area contributed by atoms with E-state index in [9.17, 15) is 8.42 Å². The van der Waals surface area contributed by atoms with Gasteiger partial charge in [-0.15, -0.1) is 0 Å². The second-order valence-corrected chi connectivity index (χ2v) is 8.24. The normalized spacial score (nSPS) is 19.3. The maximum Gasteiger partial charge on any atom is 0.179 e. The van der Waals surface area contributed by atoms with Gasteiger partial charge in [0.05, 0.1) is 10.6 Å². The summed E-state index contributed by atoms with van der Waals surface area (Å²) in [4.78, 5) is 0.501. The molecule has 0 heterocycles. The molecule has 19 heavy (non-hydrogen) atoms. The van der Waals surface area contributed by atoms with Crippen molar-refractivity contribution in [3.05, 3.63) is 29.8 Å². The Kier molecular flexibility index (Phi) is 4.72. The molecule has 2 nitrogen and oxygen atoms in total. The van der Waals surface area contributed by atoms with Crippen LogP contribution >= 0.6 is 15.9 Å². The van der Waals surface area contributed by atoms with E-state index in [2.05, 4.69) is 15.9 Å². The van der Waals surface area contributed by atoms with E-state index < -0.39 is 9.84 Å². The average Bonchev–Trinajstić information content (AvgIpc) is 2.39. The van der Waals surface area contributed by atoms with Crippen molar-refractivity contribution >= 4 is 25.8 Å². The Labute approximate surface area is 124 Å². The molecule has 0 atom stereocenters. The number of hydrogen-bond donors (Lipinski definition) is 0. The third-order valence-electron chi connectivity index (χ3n) is 4.12. The SMILES string of the molecule is Cc1ccccc1S(=O)(=O)CC1(CBr)CCCCC1. The molecule has 0 N–H and O–H groups in total. The highest BCUT2D eigenvalue weighted by Crippen LogP contribution is 2.40. The number of benzene rings is 1. The summed E-state index contributed by atoms with van der Waals surface area (Å²) in [5, 5.41) is 0.783. The largest absolute Gasteiger partial charge is 0.224 e. The Morgan fingerprint density at radius 3 is 2.37 bits per heavy atom. The Balaban J connectivity index is 2.28. The van der Waals surface area contributed by atoms with E-state index in [1.165, 1.54) is 6.42 Å². The summed E-state index contributed by atoms with van der Waals surface area (Å²) in [6, 6.07) is 7.29. The number of rotatable bonds is 4. The summed E-state index contributed by atoms with van der Waals surface area (Å²) in [5.74, 6) is 0.274. The van der Waals surface area contributed by atoms with E-state index in [0.29, 0.717) is 4.90 Å². The fraction of sp³-hybridized carbons (Fsp3) is 0.600. The monoisotopic (exact) mass is 344 g/mol. The van der Waals surface area contributed by atoms with E-state index in [-0.39, 0.29) is 11.2 Å². The summed E-state index contributed by atoms with van der Waals surface area (Å²) in [5.41, 5.74) is 0.780. The summed E-state index contributed by atoms with van der Waals surface area (Å²) in [6.07, 6.45) is 5.57. The van der Waals surface area contributed by atoms with Gasteiger partial charge in [0.25, 0.3) is 0 Å². The first-order valence-electron chi connectivity index (χ1n) is 6.83. The first-order valence-corrected chi connectivity index (χ1v) is 9.61. The van der Waals surface area contributed by atoms with Gasteiger partial charge in [-0.1, -0.05) is 53.4 Å². The molecular weight excluding hydrogens is 324 g/mol. The van der Waals surface area contributed by atoms with Gasteiger partial charge in [0.2, 0.25) is 0 Å². The number of alkyl halides is 1. The molecule has 0 spiro atoms. The lowest BCUT2D eigenvalue weighted by atomic mass is 9.77. The van der Waals surface area contributed by atoms with Crippen molar-refractivity contribution in [2.75, 3.05) is 11.1 Å². The zero-order valence-electron chi connectivity index (χ0n) is 11.4. The van der Waals surface area contributed by atoms with Crippen molar-refractivity contribution in [3.8, 4) is 0 Å². The molecule has 0 aromatic heterocycles. The summed E-state index contributed by atoms with van der Waals surface area (Å²) in [7, 11) is -3.19. The Bertz CT molecular complexity index is 531. The molecule has 1 aromatic carbocycles. The van der Waals surface area contributed by atoms with Gasteiger partial charge < -0.3 is 0 Å². The smallest absolute Gasteiger partial charge is 0.179 e. The van der Waals surface area contributed by atoms with Gasteiger partial charge in [0.15, 0.2) is 9.84 Å². The molecule has 1 aliphatic carbocycles. The zero-order valence-corrected chi connectivity index (χ0v) is 13.8. The Hall–Kier alpha value is -0.350. The third kappa shape index (κ3) is 3.40. The Morgan fingerprint density at radius 2 is 1.79 bits per heavy atom. The van der Waals surface area contributed by atoms with Crippen LogP contribution in [0.4, 0.5) is 0 Å². The van der Waals surface area contributed by atoms with E-state index in [1.807, 2.05) is 25.1 Å². The van der Waals surface area contributed by atoms with Crippen LogP contribution in [-0.4, -0.2) is 19.5 Å². The molecule has 1 aliphatic rings. The fourth-order valence-electron chi connectivity index (χ4n) is 3.00. The van der Waals surface area contributed by atoms with Gasteiger partial charge in [0.1, 0.15) is 0 Å². The van der Waals surface area contributed by atoms with Crippen molar-refractivity contribution in [1.82, 2.24) is 0 Å². The first kappa shape index (κ1) is 15.0. The predicted molar refractivity (Wildman–Crippen MR) is 82.5 cm³/mol. The zero-order chi connectivity index (χ0) is 13.9. The third-order valence-corrected chi connectivity index (χ3v) is 7.43. The fourth-order valence-corrected chi connectivity index (χ4v) is 6.22. The molecule has 0 unspecified atom stereocenters. The lowest BCUT2D eigenvalue weighted by Crippen LogP contribution is -2.34. The molecule has 0 amide bonds. The highest BCUT2D eigenvalue weighted by Gasteiger charge is 2.36. The molecule has 0 bridgehead atoms. The predicted octanol–water partition coefficient (Wildman–Crippen LogP) is 4.11. The molecule has 0 saturated heterocycles. The van der Waals surface area contributed by atoms with Gasteiger partial charge in [-0.05, 0) is 36.8 Å². The minimum atomic E-state index is -3.19. The van der Waals surface area contributed by atoms with Gasteiger partial charge in [-0.2, -0.15) is 0 Å². The van der Waals surface area contributed by atoms with Crippen LogP contribution in [0.5, 0.6) is 0 Å². The number of aryl methyl sites for hydroxylation is 1. The second-order valence-electron chi connectivity index (χ2n) is 5.72. The molecule has 106 valence electrons. The maximum atomic E-state index is 12.7. The van der Waals surface area contributed by atoms with E-state index in [4.69, 9.17) is 0 Å². The summed E-state index contributed by atoms with van der Waals surface area (Å²) < 4.78 is 25.3. The van der Waals surface area contributed by atoms with Crippen LogP contribution < -0.4 is 0 Å². The van der Waals surface area contributed by atoms with Crippen LogP contribution in [0.1, 0.15) is 37.7 Å². The van der Waals surface area contributed by atoms with Crippen molar-refractivity contribution in [2.24, 2.45) is 5.41 Å². The second kappa shape index (κ2) is 5.96.